The SMILES string of the molecule is O=C(NCc1ccco1)[C@@H]1CC(=O)N(Cc2ccccc2)C1. The Kier molecular flexibility index (Phi) is 4.23. The average molecular weight is 298 g/mol. The van der Waals surface area contributed by atoms with Crippen LogP contribution in [0.15, 0.2) is 53.1 Å². The van der Waals surface area contributed by atoms with Crippen LogP contribution in [0.5, 0.6) is 0 Å². The summed E-state index contributed by atoms with van der Waals surface area (Å²) in [6, 6.07) is 13.4. The minimum absolute atomic E-state index is 0.0296. The van der Waals surface area contributed by atoms with E-state index in [4.69, 9.17) is 4.42 Å². The molecule has 1 atom stereocenters. The smallest absolute Gasteiger partial charge is 0.225 e. The van der Waals surface area contributed by atoms with Gasteiger partial charge in [-0.25, -0.2) is 0 Å². The van der Waals surface area contributed by atoms with Gasteiger partial charge in [0.05, 0.1) is 18.7 Å². The highest BCUT2D eigenvalue weighted by Crippen LogP contribution is 2.20. The van der Waals surface area contributed by atoms with Gasteiger partial charge in [-0.2, -0.15) is 0 Å². The number of carbonyl (C=O) groups is 2. The van der Waals surface area contributed by atoms with Crippen molar-refractivity contribution in [2.24, 2.45) is 5.92 Å². The second kappa shape index (κ2) is 6.47. The zero-order chi connectivity index (χ0) is 15.4. The third kappa shape index (κ3) is 3.36. The molecule has 1 aromatic heterocycles. The van der Waals surface area contributed by atoms with Crippen molar-refractivity contribution in [2.75, 3.05) is 6.54 Å². The van der Waals surface area contributed by atoms with E-state index in [-0.39, 0.29) is 24.2 Å². The predicted molar refractivity (Wildman–Crippen MR) is 80.5 cm³/mol. The summed E-state index contributed by atoms with van der Waals surface area (Å²) >= 11 is 0. The molecule has 5 heteroatoms. The summed E-state index contributed by atoms with van der Waals surface area (Å²) in [6.45, 7) is 1.38. The zero-order valence-corrected chi connectivity index (χ0v) is 12.2. The second-order valence-corrected chi connectivity index (χ2v) is 5.46. The maximum atomic E-state index is 12.2. The largest absolute Gasteiger partial charge is 0.467 e. The van der Waals surface area contributed by atoms with Crippen LogP contribution in [0.2, 0.25) is 0 Å². The fraction of sp³-hybridized carbons (Fsp3) is 0.294. The first kappa shape index (κ1) is 14.4. The molecule has 1 aliphatic heterocycles. The Bertz CT molecular complexity index is 637. The lowest BCUT2D eigenvalue weighted by atomic mass is 10.1. The molecule has 1 N–H and O–H groups in total. The molecule has 0 unspecified atom stereocenters. The van der Waals surface area contributed by atoms with Gasteiger partial charge >= 0.3 is 0 Å². The zero-order valence-electron chi connectivity index (χ0n) is 12.2. The molecule has 0 bridgehead atoms. The van der Waals surface area contributed by atoms with Crippen LogP contribution < -0.4 is 5.32 Å². The van der Waals surface area contributed by atoms with Crippen LogP contribution in [-0.4, -0.2) is 23.3 Å². The van der Waals surface area contributed by atoms with E-state index < -0.39 is 0 Å². The quantitative estimate of drug-likeness (QED) is 0.917. The number of nitrogens with zero attached hydrogens (tertiary/aromatic N) is 1. The van der Waals surface area contributed by atoms with Crippen molar-refractivity contribution in [2.45, 2.75) is 19.5 Å². The lowest BCUT2D eigenvalue weighted by Gasteiger charge is -2.16. The Morgan fingerprint density at radius 3 is 2.77 bits per heavy atom. The Balaban J connectivity index is 1.53. The van der Waals surface area contributed by atoms with E-state index in [2.05, 4.69) is 5.32 Å². The second-order valence-electron chi connectivity index (χ2n) is 5.46. The van der Waals surface area contributed by atoms with Gasteiger partial charge in [-0.05, 0) is 17.7 Å². The molecule has 1 aromatic carbocycles. The lowest BCUT2D eigenvalue weighted by molar-refractivity contribution is -0.129. The first-order valence-corrected chi connectivity index (χ1v) is 7.34. The number of carbonyl (C=O) groups excluding carboxylic acids is 2. The molecule has 22 heavy (non-hydrogen) atoms. The molecule has 2 heterocycles. The highest BCUT2D eigenvalue weighted by atomic mass is 16.3. The number of nitrogens with one attached hydrogen (secondary N) is 1. The van der Waals surface area contributed by atoms with E-state index in [0.717, 1.165) is 5.56 Å². The maximum Gasteiger partial charge on any atom is 0.225 e. The summed E-state index contributed by atoms with van der Waals surface area (Å²) in [5.74, 6) is 0.354. The maximum absolute atomic E-state index is 12.2. The first-order chi connectivity index (χ1) is 10.7. The highest BCUT2D eigenvalue weighted by molar-refractivity contribution is 5.89. The van der Waals surface area contributed by atoms with Crippen LogP contribution in [0.25, 0.3) is 0 Å². The molecular formula is C17H18N2O3. The van der Waals surface area contributed by atoms with E-state index >= 15 is 0 Å². The van der Waals surface area contributed by atoms with Crippen molar-refractivity contribution < 1.29 is 14.0 Å². The van der Waals surface area contributed by atoms with Crippen LogP contribution in [0.3, 0.4) is 0 Å². The summed E-state index contributed by atoms with van der Waals surface area (Å²) < 4.78 is 5.18. The molecule has 2 aromatic rings. The fourth-order valence-corrected chi connectivity index (χ4v) is 2.64. The average Bonchev–Trinajstić information content (AvgIpc) is 3.16. The summed E-state index contributed by atoms with van der Waals surface area (Å²) in [5, 5.41) is 2.82. The Morgan fingerprint density at radius 1 is 1.23 bits per heavy atom. The third-order valence-electron chi connectivity index (χ3n) is 3.82. The molecule has 114 valence electrons. The summed E-state index contributed by atoms with van der Waals surface area (Å²) in [4.78, 5) is 25.9. The van der Waals surface area contributed by atoms with Gasteiger partial charge in [0.2, 0.25) is 11.8 Å². The Morgan fingerprint density at radius 2 is 2.05 bits per heavy atom. The molecule has 0 aliphatic carbocycles. The van der Waals surface area contributed by atoms with Gasteiger partial charge in [-0.3, -0.25) is 9.59 Å². The highest BCUT2D eigenvalue weighted by Gasteiger charge is 2.34. The molecule has 1 fully saturated rings. The molecular weight excluding hydrogens is 280 g/mol. The van der Waals surface area contributed by atoms with Gasteiger partial charge in [-0.15, -0.1) is 0 Å². The molecule has 1 aliphatic rings. The summed E-state index contributed by atoms with van der Waals surface area (Å²) in [7, 11) is 0. The molecule has 2 amide bonds. The van der Waals surface area contributed by atoms with E-state index in [1.807, 2.05) is 36.4 Å². The third-order valence-corrected chi connectivity index (χ3v) is 3.82. The molecule has 3 rings (SSSR count). The molecule has 0 radical (unpaired) electrons. The number of likely N-dealkylation sites (tertiary alicyclic amines) is 1. The number of furan rings is 1. The van der Waals surface area contributed by atoms with Crippen molar-refractivity contribution in [3.63, 3.8) is 0 Å². The van der Waals surface area contributed by atoms with Crippen molar-refractivity contribution in [1.29, 1.82) is 0 Å². The number of benzene rings is 1. The van der Waals surface area contributed by atoms with Gasteiger partial charge in [0.25, 0.3) is 0 Å². The summed E-state index contributed by atoms with van der Waals surface area (Å²) in [5.41, 5.74) is 1.08. The Hall–Kier alpha value is -2.56. The molecule has 0 saturated carbocycles. The molecule has 1 saturated heterocycles. The number of hydrogen-bond donors (Lipinski definition) is 1. The van der Waals surface area contributed by atoms with Crippen molar-refractivity contribution in [3.05, 3.63) is 60.1 Å². The predicted octanol–water partition coefficient (Wildman–Crippen LogP) is 1.94. The van der Waals surface area contributed by atoms with Gasteiger partial charge in [-0.1, -0.05) is 30.3 Å². The van der Waals surface area contributed by atoms with Crippen molar-refractivity contribution in [3.8, 4) is 0 Å². The minimum atomic E-state index is -0.286. The number of hydrogen-bond acceptors (Lipinski definition) is 3. The van der Waals surface area contributed by atoms with Gasteiger partial charge < -0.3 is 14.6 Å². The van der Waals surface area contributed by atoms with E-state index in [1.165, 1.54) is 0 Å². The summed E-state index contributed by atoms with van der Waals surface area (Å²) in [6.07, 6.45) is 1.85. The van der Waals surface area contributed by atoms with Crippen molar-refractivity contribution >= 4 is 11.8 Å². The minimum Gasteiger partial charge on any atom is -0.467 e. The molecule has 0 spiro atoms. The van der Waals surface area contributed by atoms with Gasteiger partial charge in [0, 0.05) is 19.5 Å². The van der Waals surface area contributed by atoms with E-state index in [1.54, 1.807) is 17.2 Å². The fourth-order valence-electron chi connectivity index (χ4n) is 2.64. The van der Waals surface area contributed by atoms with Gasteiger partial charge in [0.1, 0.15) is 5.76 Å². The van der Waals surface area contributed by atoms with Crippen LogP contribution in [0.4, 0.5) is 0 Å². The van der Waals surface area contributed by atoms with E-state index in [9.17, 15) is 9.59 Å². The van der Waals surface area contributed by atoms with Crippen molar-refractivity contribution in [1.82, 2.24) is 10.2 Å². The lowest BCUT2D eigenvalue weighted by Crippen LogP contribution is -2.32. The standard InChI is InChI=1S/C17H18N2O3/c20-16-9-14(17(21)18-10-15-7-4-8-22-15)12-19(16)11-13-5-2-1-3-6-13/h1-8,14H,9-12H2,(H,18,21)/t14-/m1/s1. The van der Waals surface area contributed by atoms with Crippen LogP contribution in [0, 0.1) is 5.92 Å². The van der Waals surface area contributed by atoms with Crippen LogP contribution in [-0.2, 0) is 22.7 Å². The first-order valence-electron chi connectivity index (χ1n) is 7.34. The number of rotatable bonds is 5. The number of amides is 2. The molecule has 5 nitrogen and oxygen atoms in total. The van der Waals surface area contributed by atoms with Crippen LogP contribution in [0.1, 0.15) is 17.7 Å². The Labute approximate surface area is 128 Å². The monoisotopic (exact) mass is 298 g/mol. The van der Waals surface area contributed by atoms with Crippen LogP contribution >= 0.6 is 0 Å². The normalized spacial score (nSPS) is 17.7. The van der Waals surface area contributed by atoms with Gasteiger partial charge in [0.15, 0.2) is 0 Å². The van der Waals surface area contributed by atoms with E-state index in [0.29, 0.717) is 25.4 Å². The topological polar surface area (TPSA) is 62.6 Å².